The lowest BCUT2D eigenvalue weighted by molar-refractivity contribution is -0.124. The Labute approximate surface area is 175 Å². The SMILES string of the molecule is O=C(NCc1ccccn1)[C@@H]1C[C@@H](S)CN1S(=O)(=O)c1ccc2ccccc2c1. The van der Waals surface area contributed by atoms with Crippen LogP contribution >= 0.6 is 12.6 Å². The minimum atomic E-state index is -3.83. The van der Waals surface area contributed by atoms with Gasteiger partial charge >= 0.3 is 0 Å². The Hall–Kier alpha value is -2.42. The molecule has 0 radical (unpaired) electrons. The van der Waals surface area contributed by atoms with E-state index in [0.29, 0.717) is 12.1 Å². The molecule has 1 saturated heterocycles. The molecule has 0 unspecified atom stereocenters. The summed E-state index contributed by atoms with van der Waals surface area (Å²) >= 11 is 4.45. The predicted octanol–water partition coefficient (Wildman–Crippen LogP) is 2.61. The molecule has 6 nitrogen and oxygen atoms in total. The van der Waals surface area contributed by atoms with Crippen molar-refractivity contribution >= 4 is 39.3 Å². The number of nitrogens with one attached hydrogen (secondary N) is 1. The van der Waals surface area contributed by atoms with E-state index >= 15 is 0 Å². The van der Waals surface area contributed by atoms with Crippen molar-refractivity contribution in [3.63, 3.8) is 0 Å². The number of carbonyl (C=O) groups excluding carboxylic acids is 1. The van der Waals surface area contributed by atoms with Gasteiger partial charge in [0.1, 0.15) is 6.04 Å². The van der Waals surface area contributed by atoms with Crippen molar-refractivity contribution in [3.8, 4) is 0 Å². The molecule has 3 aromatic rings. The number of fused-ring (bicyclic) bond motifs is 1. The Morgan fingerprint density at radius 2 is 1.86 bits per heavy atom. The molecule has 1 aliphatic heterocycles. The quantitative estimate of drug-likeness (QED) is 0.614. The van der Waals surface area contributed by atoms with Crippen LogP contribution in [0, 0.1) is 0 Å². The van der Waals surface area contributed by atoms with E-state index < -0.39 is 16.1 Å². The van der Waals surface area contributed by atoms with E-state index in [9.17, 15) is 13.2 Å². The molecule has 2 heterocycles. The van der Waals surface area contributed by atoms with E-state index in [1.165, 1.54) is 4.31 Å². The summed E-state index contributed by atoms with van der Waals surface area (Å²) in [5.74, 6) is -0.337. The third-order valence-corrected chi connectivity index (χ3v) is 7.28. The number of carbonyl (C=O) groups is 1. The predicted molar refractivity (Wildman–Crippen MR) is 115 cm³/mol. The van der Waals surface area contributed by atoms with Crippen molar-refractivity contribution in [1.29, 1.82) is 0 Å². The Morgan fingerprint density at radius 1 is 1.10 bits per heavy atom. The lowest BCUT2D eigenvalue weighted by Crippen LogP contribution is -2.45. The summed E-state index contributed by atoms with van der Waals surface area (Å²) in [6, 6.07) is 17.2. The van der Waals surface area contributed by atoms with E-state index in [0.717, 1.165) is 10.8 Å². The summed E-state index contributed by atoms with van der Waals surface area (Å²) < 4.78 is 27.9. The first-order valence-corrected chi connectivity index (χ1v) is 11.3. The molecule has 0 saturated carbocycles. The van der Waals surface area contributed by atoms with Crippen LogP contribution in [0.5, 0.6) is 0 Å². The Bertz CT molecular complexity index is 1140. The summed E-state index contributed by atoms with van der Waals surface area (Å²) in [7, 11) is -3.83. The summed E-state index contributed by atoms with van der Waals surface area (Å²) in [5.41, 5.74) is 0.713. The Morgan fingerprint density at radius 3 is 2.62 bits per heavy atom. The zero-order valence-electron chi connectivity index (χ0n) is 15.6. The van der Waals surface area contributed by atoms with Gasteiger partial charge in [-0.2, -0.15) is 16.9 Å². The maximum Gasteiger partial charge on any atom is 0.243 e. The van der Waals surface area contributed by atoms with E-state index in [-0.39, 0.29) is 29.1 Å². The molecule has 1 amide bonds. The van der Waals surface area contributed by atoms with Crippen molar-refractivity contribution < 1.29 is 13.2 Å². The van der Waals surface area contributed by atoms with Crippen molar-refractivity contribution in [3.05, 3.63) is 72.6 Å². The van der Waals surface area contributed by atoms with Crippen LogP contribution in [-0.2, 0) is 21.4 Å². The molecule has 0 bridgehead atoms. The van der Waals surface area contributed by atoms with Gasteiger partial charge in [-0.05, 0) is 41.5 Å². The minimum absolute atomic E-state index is 0.182. The highest BCUT2D eigenvalue weighted by atomic mass is 32.2. The highest BCUT2D eigenvalue weighted by molar-refractivity contribution is 7.89. The van der Waals surface area contributed by atoms with Crippen molar-refractivity contribution in [2.45, 2.75) is 29.2 Å². The zero-order chi connectivity index (χ0) is 20.4. The number of aromatic nitrogens is 1. The lowest BCUT2D eigenvalue weighted by Gasteiger charge is -2.23. The first kappa shape index (κ1) is 19.9. The summed E-state index contributed by atoms with van der Waals surface area (Å²) in [6.07, 6.45) is 2.02. The number of nitrogens with zero attached hydrogens (tertiary/aromatic N) is 2. The smallest absolute Gasteiger partial charge is 0.243 e. The third kappa shape index (κ3) is 4.14. The Balaban J connectivity index is 1.57. The second-order valence-corrected chi connectivity index (χ2v) is 9.65. The van der Waals surface area contributed by atoms with Gasteiger partial charge in [0.15, 0.2) is 0 Å². The average Bonchev–Trinajstić information content (AvgIpc) is 3.15. The van der Waals surface area contributed by atoms with Crippen LogP contribution in [0.2, 0.25) is 0 Å². The molecule has 2 aromatic carbocycles. The van der Waals surface area contributed by atoms with E-state index in [1.54, 1.807) is 36.5 Å². The van der Waals surface area contributed by atoms with Crippen molar-refractivity contribution in [2.24, 2.45) is 0 Å². The van der Waals surface area contributed by atoms with E-state index in [1.807, 2.05) is 30.3 Å². The number of amides is 1. The van der Waals surface area contributed by atoms with E-state index in [4.69, 9.17) is 0 Å². The van der Waals surface area contributed by atoms with Crippen LogP contribution in [0.3, 0.4) is 0 Å². The first-order chi connectivity index (χ1) is 13.9. The van der Waals surface area contributed by atoms with Crippen LogP contribution in [0.4, 0.5) is 0 Å². The normalized spacial score (nSPS) is 20.0. The summed E-state index contributed by atoms with van der Waals surface area (Å²) in [6.45, 7) is 0.442. The monoisotopic (exact) mass is 427 g/mol. The van der Waals surface area contributed by atoms with Gasteiger partial charge in [0, 0.05) is 18.0 Å². The molecule has 1 aromatic heterocycles. The van der Waals surface area contributed by atoms with Gasteiger partial charge in [-0.25, -0.2) is 8.42 Å². The Kier molecular flexibility index (Phi) is 5.58. The molecular formula is C21H21N3O3S2. The largest absolute Gasteiger partial charge is 0.349 e. The second kappa shape index (κ2) is 8.14. The van der Waals surface area contributed by atoms with Crippen molar-refractivity contribution in [2.75, 3.05) is 6.54 Å². The van der Waals surface area contributed by atoms with Crippen LogP contribution in [0.1, 0.15) is 12.1 Å². The molecule has 0 spiro atoms. The number of rotatable bonds is 5. The fraction of sp³-hybridized carbons (Fsp3) is 0.238. The van der Waals surface area contributed by atoms with Gasteiger partial charge in [-0.3, -0.25) is 9.78 Å². The standard InChI is InChI=1S/C21H21N3O3S2/c25-21(23-13-17-7-3-4-10-22-17)20-12-18(28)14-24(20)29(26,27)19-9-8-15-5-1-2-6-16(15)11-19/h1-11,18,20,28H,12-14H2,(H,23,25)/t18-,20+/m1/s1. The van der Waals surface area contributed by atoms with Gasteiger partial charge in [-0.15, -0.1) is 0 Å². The fourth-order valence-electron chi connectivity index (χ4n) is 3.55. The maximum absolute atomic E-state index is 13.3. The molecule has 2 atom stereocenters. The molecular weight excluding hydrogens is 406 g/mol. The summed E-state index contributed by atoms with van der Waals surface area (Å²) in [4.78, 5) is 17.1. The van der Waals surface area contributed by atoms with Gasteiger partial charge in [0.25, 0.3) is 0 Å². The number of hydrogen-bond acceptors (Lipinski definition) is 5. The molecule has 8 heteroatoms. The number of benzene rings is 2. The topological polar surface area (TPSA) is 79.4 Å². The molecule has 150 valence electrons. The minimum Gasteiger partial charge on any atom is -0.349 e. The molecule has 1 fully saturated rings. The van der Waals surface area contributed by atoms with Gasteiger partial charge in [-0.1, -0.05) is 36.4 Å². The zero-order valence-corrected chi connectivity index (χ0v) is 17.3. The molecule has 4 rings (SSSR count). The van der Waals surface area contributed by atoms with Gasteiger partial charge in [0.05, 0.1) is 17.1 Å². The van der Waals surface area contributed by atoms with Crippen LogP contribution < -0.4 is 5.32 Å². The van der Waals surface area contributed by atoms with Gasteiger partial charge in [0.2, 0.25) is 15.9 Å². The van der Waals surface area contributed by atoms with Crippen LogP contribution in [0.25, 0.3) is 10.8 Å². The number of thiol groups is 1. The van der Waals surface area contributed by atoms with Crippen molar-refractivity contribution in [1.82, 2.24) is 14.6 Å². The first-order valence-electron chi connectivity index (χ1n) is 9.31. The average molecular weight is 428 g/mol. The molecule has 0 aliphatic carbocycles. The highest BCUT2D eigenvalue weighted by Crippen LogP contribution is 2.30. The third-order valence-electron chi connectivity index (χ3n) is 5.03. The van der Waals surface area contributed by atoms with Gasteiger partial charge < -0.3 is 5.32 Å². The molecule has 1 N–H and O–H groups in total. The number of pyridine rings is 1. The number of hydrogen-bond donors (Lipinski definition) is 2. The highest BCUT2D eigenvalue weighted by Gasteiger charge is 2.42. The molecule has 1 aliphatic rings. The lowest BCUT2D eigenvalue weighted by atomic mass is 10.1. The maximum atomic E-state index is 13.3. The number of sulfonamides is 1. The van der Waals surface area contributed by atoms with E-state index in [2.05, 4.69) is 22.9 Å². The summed E-state index contributed by atoms with van der Waals surface area (Å²) in [5, 5.41) is 4.41. The van der Waals surface area contributed by atoms with Crippen LogP contribution in [0.15, 0.2) is 71.8 Å². The second-order valence-electron chi connectivity index (χ2n) is 7.03. The van der Waals surface area contributed by atoms with Crippen LogP contribution in [-0.4, -0.2) is 41.5 Å². The fourth-order valence-corrected chi connectivity index (χ4v) is 5.72. The molecule has 29 heavy (non-hydrogen) atoms.